The Balaban J connectivity index is 1.97. The van der Waals surface area contributed by atoms with Gasteiger partial charge in [0.2, 0.25) is 0 Å². The fourth-order valence-corrected chi connectivity index (χ4v) is 2.08. The van der Waals surface area contributed by atoms with Crippen LogP contribution >= 0.6 is 0 Å². The zero-order chi connectivity index (χ0) is 12.4. The fraction of sp³-hybridized carbons (Fsp3) is 0.583. The van der Waals surface area contributed by atoms with Crippen molar-refractivity contribution in [2.45, 2.75) is 38.5 Å². The Morgan fingerprint density at radius 2 is 2.47 bits per heavy atom. The van der Waals surface area contributed by atoms with Crippen LogP contribution in [0.3, 0.4) is 0 Å². The van der Waals surface area contributed by atoms with Crippen LogP contribution in [0.2, 0.25) is 0 Å². The number of carbonyl (C=O) groups excluding carboxylic acids is 1. The van der Waals surface area contributed by atoms with Gasteiger partial charge in [0.15, 0.2) is 0 Å². The second kappa shape index (κ2) is 4.89. The van der Waals surface area contributed by atoms with Crippen molar-refractivity contribution in [3.63, 3.8) is 0 Å². The number of hydrogen-bond acceptors (Lipinski definition) is 4. The Kier molecular flexibility index (Phi) is 3.49. The topological polar surface area (TPSA) is 77.5 Å². The Hall–Kier alpha value is -1.33. The highest BCUT2D eigenvalue weighted by Crippen LogP contribution is 2.23. The molecule has 0 spiro atoms. The highest BCUT2D eigenvalue weighted by Gasteiger charge is 2.40. The molecule has 1 aliphatic rings. The molecule has 3 N–H and O–H groups in total. The van der Waals surface area contributed by atoms with Crippen molar-refractivity contribution in [1.82, 2.24) is 5.32 Å². The van der Waals surface area contributed by atoms with Gasteiger partial charge >= 0.3 is 0 Å². The number of nitrogens with one attached hydrogen (secondary N) is 1. The average molecular weight is 238 g/mol. The standard InChI is InChI=1S/C12H18N2O3/c1-3-16-10-6-9(13)11(10)14-12(15)8-4-5-17-7(8)2/h4-5,9-11H,3,6,13H2,1-2H3,(H,14,15). The molecule has 5 heteroatoms. The van der Waals surface area contributed by atoms with Crippen LogP contribution in [0, 0.1) is 6.92 Å². The summed E-state index contributed by atoms with van der Waals surface area (Å²) in [6, 6.07) is 1.53. The van der Waals surface area contributed by atoms with Gasteiger partial charge in [-0.2, -0.15) is 0 Å². The van der Waals surface area contributed by atoms with Gasteiger partial charge in [-0.3, -0.25) is 4.79 Å². The van der Waals surface area contributed by atoms with E-state index >= 15 is 0 Å². The molecule has 0 bridgehead atoms. The van der Waals surface area contributed by atoms with Gasteiger partial charge in [0, 0.05) is 12.6 Å². The van der Waals surface area contributed by atoms with E-state index in [1.165, 1.54) is 6.26 Å². The van der Waals surface area contributed by atoms with Crippen molar-refractivity contribution in [3.8, 4) is 0 Å². The van der Waals surface area contributed by atoms with Gasteiger partial charge in [0.25, 0.3) is 5.91 Å². The Morgan fingerprint density at radius 3 is 3.00 bits per heavy atom. The minimum absolute atomic E-state index is 0.0253. The number of nitrogens with two attached hydrogens (primary N) is 1. The van der Waals surface area contributed by atoms with Gasteiger partial charge in [0.1, 0.15) is 5.76 Å². The molecule has 0 saturated heterocycles. The zero-order valence-corrected chi connectivity index (χ0v) is 10.1. The van der Waals surface area contributed by atoms with Crippen LogP contribution in [-0.2, 0) is 4.74 Å². The number of amides is 1. The molecule has 0 aliphatic heterocycles. The Labute approximate surface area is 100 Å². The third kappa shape index (κ3) is 2.35. The SMILES string of the molecule is CCOC1CC(N)C1NC(=O)c1ccoc1C. The third-order valence-corrected chi connectivity index (χ3v) is 3.15. The molecule has 94 valence electrons. The maximum Gasteiger partial charge on any atom is 0.255 e. The lowest BCUT2D eigenvalue weighted by Crippen LogP contribution is -2.64. The first kappa shape index (κ1) is 12.1. The van der Waals surface area contributed by atoms with Crippen LogP contribution in [0.1, 0.15) is 29.5 Å². The summed E-state index contributed by atoms with van der Waals surface area (Å²) in [5.41, 5.74) is 6.42. The van der Waals surface area contributed by atoms with E-state index in [1.54, 1.807) is 13.0 Å². The lowest BCUT2D eigenvalue weighted by atomic mass is 9.83. The first-order chi connectivity index (χ1) is 8.13. The average Bonchev–Trinajstić information content (AvgIpc) is 2.72. The van der Waals surface area contributed by atoms with Crippen LogP contribution in [0.25, 0.3) is 0 Å². The molecule has 5 nitrogen and oxygen atoms in total. The summed E-state index contributed by atoms with van der Waals surface area (Å²) >= 11 is 0. The number of carbonyl (C=O) groups is 1. The van der Waals surface area contributed by atoms with Gasteiger partial charge in [0.05, 0.1) is 24.0 Å². The molecular weight excluding hydrogens is 220 g/mol. The molecule has 0 radical (unpaired) electrons. The summed E-state index contributed by atoms with van der Waals surface area (Å²) < 4.78 is 10.6. The number of ether oxygens (including phenoxy) is 1. The van der Waals surface area contributed by atoms with Gasteiger partial charge in [-0.05, 0) is 26.3 Å². The van der Waals surface area contributed by atoms with E-state index in [1.807, 2.05) is 6.92 Å². The molecule has 3 unspecified atom stereocenters. The minimum Gasteiger partial charge on any atom is -0.469 e. The predicted octanol–water partition coefficient (Wildman–Crippen LogP) is 0.823. The van der Waals surface area contributed by atoms with Crippen molar-refractivity contribution < 1.29 is 13.9 Å². The minimum atomic E-state index is -0.152. The predicted molar refractivity (Wildman–Crippen MR) is 62.7 cm³/mol. The molecule has 3 atom stereocenters. The van der Waals surface area contributed by atoms with Crippen LogP contribution in [0.5, 0.6) is 0 Å². The number of rotatable bonds is 4. The summed E-state index contributed by atoms with van der Waals surface area (Å²) in [6.45, 7) is 4.33. The van der Waals surface area contributed by atoms with Crippen molar-refractivity contribution in [2.24, 2.45) is 5.73 Å². The molecule has 2 rings (SSSR count). The van der Waals surface area contributed by atoms with Crippen molar-refractivity contribution in [2.75, 3.05) is 6.61 Å². The highest BCUT2D eigenvalue weighted by atomic mass is 16.5. The second-order valence-corrected chi connectivity index (χ2v) is 4.28. The molecule has 1 aromatic heterocycles. The molecule has 17 heavy (non-hydrogen) atoms. The first-order valence-electron chi connectivity index (χ1n) is 5.85. The van der Waals surface area contributed by atoms with E-state index in [2.05, 4.69) is 5.32 Å². The largest absolute Gasteiger partial charge is 0.469 e. The monoisotopic (exact) mass is 238 g/mol. The van der Waals surface area contributed by atoms with Gasteiger partial charge in [-0.15, -0.1) is 0 Å². The van der Waals surface area contributed by atoms with Crippen LogP contribution in [0.15, 0.2) is 16.7 Å². The summed E-state index contributed by atoms with van der Waals surface area (Å²) in [4.78, 5) is 11.9. The summed E-state index contributed by atoms with van der Waals surface area (Å²) in [6.07, 6.45) is 2.33. The molecule has 1 aliphatic carbocycles. The van der Waals surface area contributed by atoms with E-state index in [4.69, 9.17) is 14.9 Å². The maximum absolute atomic E-state index is 11.9. The molecule has 1 aromatic rings. The summed E-state index contributed by atoms with van der Waals surface area (Å²) in [5, 5.41) is 2.90. The third-order valence-electron chi connectivity index (χ3n) is 3.15. The molecule has 1 heterocycles. The Bertz CT molecular complexity index is 400. The summed E-state index contributed by atoms with van der Waals surface area (Å²) in [5.74, 6) is 0.462. The van der Waals surface area contributed by atoms with E-state index < -0.39 is 0 Å². The fourth-order valence-electron chi connectivity index (χ4n) is 2.08. The maximum atomic E-state index is 11.9. The van der Waals surface area contributed by atoms with E-state index in [0.29, 0.717) is 17.9 Å². The number of aryl methyl sites for hydroxylation is 1. The molecule has 1 fully saturated rings. The van der Waals surface area contributed by atoms with Gasteiger partial charge in [-0.25, -0.2) is 0 Å². The Morgan fingerprint density at radius 1 is 1.71 bits per heavy atom. The normalized spacial score (nSPS) is 27.6. The van der Waals surface area contributed by atoms with E-state index in [9.17, 15) is 4.79 Å². The van der Waals surface area contributed by atoms with Gasteiger partial charge < -0.3 is 20.2 Å². The molecule has 0 aromatic carbocycles. The lowest BCUT2D eigenvalue weighted by Gasteiger charge is -2.42. The van der Waals surface area contributed by atoms with Crippen molar-refractivity contribution >= 4 is 5.91 Å². The van der Waals surface area contributed by atoms with Crippen LogP contribution in [-0.4, -0.2) is 30.7 Å². The molecule has 1 saturated carbocycles. The first-order valence-corrected chi connectivity index (χ1v) is 5.85. The van der Waals surface area contributed by atoms with E-state index in [0.717, 1.165) is 6.42 Å². The number of furan rings is 1. The van der Waals surface area contributed by atoms with Gasteiger partial charge in [-0.1, -0.05) is 0 Å². The lowest BCUT2D eigenvalue weighted by molar-refractivity contribution is -0.0300. The van der Waals surface area contributed by atoms with Crippen LogP contribution in [0.4, 0.5) is 0 Å². The van der Waals surface area contributed by atoms with Crippen LogP contribution < -0.4 is 11.1 Å². The van der Waals surface area contributed by atoms with Crippen molar-refractivity contribution in [1.29, 1.82) is 0 Å². The summed E-state index contributed by atoms with van der Waals surface area (Å²) in [7, 11) is 0. The van der Waals surface area contributed by atoms with E-state index in [-0.39, 0.29) is 24.1 Å². The molecular formula is C12H18N2O3. The van der Waals surface area contributed by atoms with Crippen molar-refractivity contribution in [3.05, 3.63) is 23.7 Å². The zero-order valence-electron chi connectivity index (χ0n) is 10.1. The number of hydrogen-bond donors (Lipinski definition) is 2. The quantitative estimate of drug-likeness (QED) is 0.814. The smallest absolute Gasteiger partial charge is 0.255 e. The molecule has 1 amide bonds. The highest BCUT2D eigenvalue weighted by molar-refractivity contribution is 5.95. The second-order valence-electron chi connectivity index (χ2n) is 4.28.